The van der Waals surface area contributed by atoms with E-state index >= 15 is 0 Å². The van der Waals surface area contributed by atoms with Crippen LogP contribution in [0.15, 0.2) is 29.2 Å². The Morgan fingerprint density at radius 3 is 2.52 bits per heavy atom. The molecular weight excluding hydrogens is 332 g/mol. The molecule has 0 radical (unpaired) electrons. The highest BCUT2D eigenvalue weighted by Gasteiger charge is 2.26. The van der Waals surface area contributed by atoms with Gasteiger partial charge < -0.3 is 9.80 Å². The van der Waals surface area contributed by atoms with Crippen LogP contribution in [-0.4, -0.2) is 53.5 Å². The van der Waals surface area contributed by atoms with E-state index in [-0.39, 0.29) is 5.91 Å². The maximum atomic E-state index is 12.4. The zero-order valence-electron chi connectivity index (χ0n) is 15.1. The maximum Gasteiger partial charge on any atom is 0.232 e. The summed E-state index contributed by atoms with van der Waals surface area (Å²) in [5, 5.41) is 0. The van der Waals surface area contributed by atoms with E-state index in [2.05, 4.69) is 31.2 Å². The van der Waals surface area contributed by atoms with Gasteiger partial charge in [-0.25, -0.2) is 0 Å². The SMILES string of the molecule is Cc1ccc(SCC(=O)N2CCC(CN3CCCCC3=O)CC2)cc1. The summed E-state index contributed by atoms with van der Waals surface area (Å²) in [7, 11) is 0. The number of hydrogen-bond donors (Lipinski definition) is 0. The second kappa shape index (κ2) is 8.75. The van der Waals surface area contributed by atoms with Crippen LogP contribution in [0.2, 0.25) is 0 Å². The van der Waals surface area contributed by atoms with Crippen LogP contribution < -0.4 is 0 Å². The van der Waals surface area contributed by atoms with Gasteiger partial charge in [-0.15, -0.1) is 11.8 Å². The van der Waals surface area contributed by atoms with Gasteiger partial charge in [-0.1, -0.05) is 17.7 Å². The van der Waals surface area contributed by atoms with Crippen LogP contribution >= 0.6 is 11.8 Å². The second-order valence-corrected chi connectivity index (χ2v) is 8.27. The van der Waals surface area contributed by atoms with E-state index in [0.29, 0.717) is 24.0 Å². The van der Waals surface area contributed by atoms with E-state index in [9.17, 15) is 9.59 Å². The maximum absolute atomic E-state index is 12.4. The predicted octanol–water partition coefficient (Wildman–Crippen LogP) is 3.34. The van der Waals surface area contributed by atoms with E-state index in [1.807, 2.05) is 9.80 Å². The lowest BCUT2D eigenvalue weighted by Gasteiger charge is -2.36. The molecule has 2 saturated heterocycles. The van der Waals surface area contributed by atoms with Gasteiger partial charge in [0.2, 0.25) is 11.8 Å². The van der Waals surface area contributed by atoms with Crippen molar-refractivity contribution in [1.82, 2.24) is 9.80 Å². The number of rotatable bonds is 5. The lowest BCUT2D eigenvalue weighted by molar-refractivity contribution is -0.135. The van der Waals surface area contributed by atoms with E-state index in [0.717, 1.165) is 56.8 Å². The average molecular weight is 361 g/mol. The lowest BCUT2D eigenvalue weighted by Crippen LogP contribution is -2.44. The molecular formula is C20H28N2O2S. The second-order valence-electron chi connectivity index (χ2n) is 7.22. The molecule has 2 aliphatic rings. The lowest BCUT2D eigenvalue weighted by atomic mass is 9.95. The van der Waals surface area contributed by atoms with Gasteiger partial charge in [0.05, 0.1) is 5.75 Å². The van der Waals surface area contributed by atoms with Crippen molar-refractivity contribution >= 4 is 23.6 Å². The first-order valence-corrected chi connectivity index (χ1v) is 10.4. The topological polar surface area (TPSA) is 40.6 Å². The highest BCUT2D eigenvalue weighted by atomic mass is 32.2. The van der Waals surface area contributed by atoms with Crippen molar-refractivity contribution < 1.29 is 9.59 Å². The number of benzene rings is 1. The molecule has 0 aliphatic carbocycles. The van der Waals surface area contributed by atoms with Crippen molar-refractivity contribution in [1.29, 1.82) is 0 Å². The Morgan fingerprint density at radius 2 is 1.84 bits per heavy atom. The smallest absolute Gasteiger partial charge is 0.232 e. The molecule has 5 heteroatoms. The minimum absolute atomic E-state index is 0.234. The molecule has 2 fully saturated rings. The molecule has 25 heavy (non-hydrogen) atoms. The Balaban J connectivity index is 1.40. The first-order chi connectivity index (χ1) is 12.1. The number of hydrogen-bond acceptors (Lipinski definition) is 3. The highest BCUT2D eigenvalue weighted by molar-refractivity contribution is 8.00. The number of piperidine rings is 2. The van der Waals surface area contributed by atoms with E-state index in [1.165, 1.54) is 5.56 Å². The van der Waals surface area contributed by atoms with Gasteiger partial charge in [-0.2, -0.15) is 0 Å². The normalized spacial score (nSPS) is 19.3. The van der Waals surface area contributed by atoms with Crippen molar-refractivity contribution in [3.63, 3.8) is 0 Å². The van der Waals surface area contributed by atoms with Crippen molar-refractivity contribution in [2.75, 3.05) is 31.9 Å². The van der Waals surface area contributed by atoms with Crippen molar-refractivity contribution in [2.24, 2.45) is 5.92 Å². The molecule has 2 amide bonds. The first-order valence-electron chi connectivity index (χ1n) is 9.37. The zero-order chi connectivity index (χ0) is 17.6. The number of amides is 2. The van der Waals surface area contributed by atoms with Crippen LogP contribution in [0, 0.1) is 12.8 Å². The summed E-state index contributed by atoms with van der Waals surface area (Å²) >= 11 is 1.62. The van der Waals surface area contributed by atoms with Gasteiger partial charge in [-0.3, -0.25) is 9.59 Å². The van der Waals surface area contributed by atoms with Gasteiger partial charge in [0, 0.05) is 37.5 Å². The third-order valence-electron chi connectivity index (χ3n) is 5.25. The summed E-state index contributed by atoms with van der Waals surface area (Å²) < 4.78 is 0. The monoisotopic (exact) mass is 360 g/mol. The molecule has 3 rings (SSSR count). The third-order valence-corrected chi connectivity index (χ3v) is 6.25. The van der Waals surface area contributed by atoms with Gasteiger partial charge in [0.1, 0.15) is 0 Å². The van der Waals surface area contributed by atoms with Crippen LogP contribution in [0.3, 0.4) is 0 Å². The molecule has 0 bridgehead atoms. The molecule has 1 aromatic rings. The van der Waals surface area contributed by atoms with Crippen molar-refractivity contribution in [3.8, 4) is 0 Å². The molecule has 0 aromatic heterocycles. The van der Waals surface area contributed by atoms with Crippen LogP contribution in [-0.2, 0) is 9.59 Å². The minimum atomic E-state index is 0.234. The van der Waals surface area contributed by atoms with Crippen molar-refractivity contribution in [2.45, 2.75) is 43.9 Å². The molecule has 0 unspecified atom stereocenters. The van der Waals surface area contributed by atoms with Crippen LogP contribution in [0.25, 0.3) is 0 Å². The summed E-state index contributed by atoms with van der Waals surface area (Å²) in [6, 6.07) is 8.32. The fourth-order valence-electron chi connectivity index (χ4n) is 3.60. The molecule has 2 heterocycles. The van der Waals surface area contributed by atoms with Crippen LogP contribution in [0.1, 0.15) is 37.7 Å². The van der Waals surface area contributed by atoms with Crippen LogP contribution in [0.4, 0.5) is 0 Å². The molecule has 2 aliphatic heterocycles. The van der Waals surface area contributed by atoms with E-state index in [1.54, 1.807) is 11.8 Å². The van der Waals surface area contributed by atoms with Gasteiger partial charge in [0.25, 0.3) is 0 Å². The van der Waals surface area contributed by atoms with E-state index in [4.69, 9.17) is 0 Å². The fourth-order valence-corrected chi connectivity index (χ4v) is 4.40. The largest absolute Gasteiger partial charge is 0.342 e. The summed E-state index contributed by atoms with van der Waals surface area (Å²) in [6.45, 7) is 5.55. The van der Waals surface area contributed by atoms with Crippen molar-refractivity contribution in [3.05, 3.63) is 29.8 Å². The predicted molar refractivity (Wildman–Crippen MR) is 102 cm³/mol. The minimum Gasteiger partial charge on any atom is -0.342 e. The molecule has 0 N–H and O–H groups in total. The van der Waals surface area contributed by atoms with Gasteiger partial charge in [0.15, 0.2) is 0 Å². The number of likely N-dealkylation sites (tertiary alicyclic amines) is 2. The molecule has 4 nitrogen and oxygen atoms in total. The Kier molecular flexibility index (Phi) is 6.40. The Labute approximate surface area is 154 Å². The van der Waals surface area contributed by atoms with Gasteiger partial charge in [-0.05, 0) is 50.7 Å². The summed E-state index contributed by atoms with van der Waals surface area (Å²) in [4.78, 5) is 29.6. The number of carbonyl (C=O) groups is 2. The number of nitrogens with zero attached hydrogens (tertiary/aromatic N) is 2. The Hall–Kier alpha value is -1.49. The first kappa shape index (κ1) is 18.3. The van der Waals surface area contributed by atoms with Crippen LogP contribution in [0.5, 0.6) is 0 Å². The standard InChI is InChI=1S/C20H28N2O2S/c1-16-5-7-18(8-6-16)25-15-20(24)21-12-9-17(10-13-21)14-22-11-3-2-4-19(22)23/h5-8,17H,2-4,9-15H2,1H3. The zero-order valence-corrected chi connectivity index (χ0v) is 15.9. The summed E-state index contributed by atoms with van der Waals surface area (Å²) in [5.41, 5.74) is 1.24. The molecule has 136 valence electrons. The fraction of sp³-hybridized carbons (Fsp3) is 0.600. The number of carbonyl (C=O) groups excluding carboxylic acids is 2. The van der Waals surface area contributed by atoms with Gasteiger partial charge >= 0.3 is 0 Å². The molecule has 0 saturated carbocycles. The highest BCUT2D eigenvalue weighted by Crippen LogP contribution is 2.23. The Morgan fingerprint density at radius 1 is 1.12 bits per heavy atom. The Bertz CT molecular complexity index is 594. The summed E-state index contributed by atoms with van der Waals surface area (Å²) in [5.74, 6) is 1.62. The average Bonchev–Trinajstić information content (AvgIpc) is 2.63. The quantitative estimate of drug-likeness (QED) is 0.756. The number of aryl methyl sites for hydroxylation is 1. The van der Waals surface area contributed by atoms with E-state index < -0.39 is 0 Å². The number of thioether (sulfide) groups is 1. The molecule has 1 aromatic carbocycles. The molecule has 0 atom stereocenters. The summed E-state index contributed by atoms with van der Waals surface area (Å²) in [6.07, 6.45) is 4.93. The third kappa shape index (κ3) is 5.24. The molecule has 0 spiro atoms.